The SMILES string of the molecule is C=CCNc1ncc(C(=O)Nc2ccccc2F)cn1. The van der Waals surface area contributed by atoms with Gasteiger partial charge in [0.25, 0.3) is 5.91 Å². The molecule has 1 amide bonds. The van der Waals surface area contributed by atoms with Gasteiger partial charge in [0.2, 0.25) is 5.95 Å². The molecule has 2 N–H and O–H groups in total. The van der Waals surface area contributed by atoms with E-state index >= 15 is 0 Å². The molecule has 0 aliphatic rings. The van der Waals surface area contributed by atoms with E-state index in [0.717, 1.165) is 0 Å². The van der Waals surface area contributed by atoms with Crippen LogP contribution in [-0.2, 0) is 0 Å². The monoisotopic (exact) mass is 272 g/mol. The van der Waals surface area contributed by atoms with Gasteiger partial charge in [0.15, 0.2) is 0 Å². The van der Waals surface area contributed by atoms with Gasteiger partial charge in [-0.3, -0.25) is 4.79 Å². The first kappa shape index (κ1) is 13.7. The highest BCUT2D eigenvalue weighted by Gasteiger charge is 2.09. The highest BCUT2D eigenvalue weighted by molar-refractivity contribution is 6.03. The van der Waals surface area contributed by atoms with Gasteiger partial charge in [-0.05, 0) is 12.1 Å². The molecule has 0 fully saturated rings. The summed E-state index contributed by atoms with van der Waals surface area (Å²) in [6.45, 7) is 4.09. The van der Waals surface area contributed by atoms with Crippen LogP contribution in [-0.4, -0.2) is 22.4 Å². The van der Waals surface area contributed by atoms with Gasteiger partial charge in [-0.1, -0.05) is 18.2 Å². The Hall–Kier alpha value is -2.76. The Morgan fingerprint density at radius 1 is 1.30 bits per heavy atom. The highest BCUT2D eigenvalue weighted by Crippen LogP contribution is 2.13. The van der Waals surface area contributed by atoms with E-state index in [1.54, 1.807) is 18.2 Å². The van der Waals surface area contributed by atoms with Crippen molar-refractivity contribution in [3.63, 3.8) is 0 Å². The number of nitrogens with zero attached hydrogens (tertiary/aromatic N) is 2. The molecule has 0 spiro atoms. The standard InChI is InChI=1S/C14H13FN4O/c1-2-7-16-14-17-8-10(9-18-14)13(20)19-12-6-4-3-5-11(12)15/h2-6,8-9H,1,7H2,(H,19,20)(H,16,17,18). The van der Waals surface area contributed by atoms with Crippen LogP contribution in [0.25, 0.3) is 0 Å². The molecular formula is C14H13FN4O. The molecule has 1 aromatic carbocycles. The van der Waals surface area contributed by atoms with Crippen molar-refractivity contribution < 1.29 is 9.18 Å². The van der Waals surface area contributed by atoms with Crippen molar-refractivity contribution in [2.75, 3.05) is 17.2 Å². The zero-order chi connectivity index (χ0) is 14.4. The number of halogens is 1. The third-order valence-electron chi connectivity index (χ3n) is 2.44. The molecule has 1 heterocycles. The number of carbonyl (C=O) groups excluding carboxylic acids is 1. The minimum absolute atomic E-state index is 0.117. The molecule has 6 heteroatoms. The predicted octanol–water partition coefficient (Wildman–Crippen LogP) is 2.47. The largest absolute Gasteiger partial charge is 0.351 e. The van der Waals surface area contributed by atoms with Gasteiger partial charge in [0.1, 0.15) is 5.82 Å². The summed E-state index contributed by atoms with van der Waals surface area (Å²) in [4.78, 5) is 19.9. The van der Waals surface area contributed by atoms with E-state index < -0.39 is 11.7 Å². The molecule has 0 aliphatic heterocycles. The Morgan fingerprint density at radius 3 is 2.65 bits per heavy atom. The second-order valence-corrected chi connectivity index (χ2v) is 3.90. The topological polar surface area (TPSA) is 66.9 Å². The minimum atomic E-state index is -0.494. The molecule has 0 saturated carbocycles. The summed E-state index contributed by atoms with van der Waals surface area (Å²) in [5.74, 6) is -0.566. The smallest absolute Gasteiger partial charge is 0.258 e. The lowest BCUT2D eigenvalue weighted by Gasteiger charge is -2.06. The third kappa shape index (κ3) is 3.38. The Kier molecular flexibility index (Phi) is 4.39. The van der Waals surface area contributed by atoms with Gasteiger partial charge in [0, 0.05) is 18.9 Å². The maximum Gasteiger partial charge on any atom is 0.258 e. The van der Waals surface area contributed by atoms with Crippen molar-refractivity contribution in [2.45, 2.75) is 0 Å². The van der Waals surface area contributed by atoms with Crippen LogP contribution in [0, 0.1) is 5.82 Å². The van der Waals surface area contributed by atoms with Crippen molar-refractivity contribution in [1.82, 2.24) is 9.97 Å². The average Bonchev–Trinajstić information content (AvgIpc) is 2.48. The molecule has 5 nitrogen and oxygen atoms in total. The average molecular weight is 272 g/mol. The molecule has 0 atom stereocenters. The van der Waals surface area contributed by atoms with Crippen LogP contribution in [0.3, 0.4) is 0 Å². The maximum absolute atomic E-state index is 13.4. The lowest BCUT2D eigenvalue weighted by atomic mass is 10.2. The number of rotatable bonds is 5. The number of benzene rings is 1. The first-order valence-electron chi connectivity index (χ1n) is 5.93. The van der Waals surface area contributed by atoms with Gasteiger partial charge < -0.3 is 10.6 Å². The Bertz CT molecular complexity index is 613. The van der Waals surface area contributed by atoms with Crippen LogP contribution in [0.1, 0.15) is 10.4 Å². The fourth-order valence-electron chi connectivity index (χ4n) is 1.46. The van der Waals surface area contributed by atoms with Crippen molar-refractivity contribution in [3.05, 3.63) is 60.7 Å². The van der Waals surface area contributed by atoms with Crippen molar-refractivity contribution in [3.8, 4) is 0 Å². The van der Waals surface area contributed by atoms with Crippen LogP contribution < -0.4 is 10.6 Å². The molecule has 0 bridgehead atoms. The highest BCUT2D eigenvalue weighted by atomic mass is 19.1. The third-order valence-corrected chi connectivity index (χ3v) is 2.44. The van der Waals surface area contributed by atoms with Crippen LogP contribution >= 0.6 is 0 Å². The number of hydrogen-bond donors (Lipinski definition) is 2. The number of hydrogen-bond acceptors (Lipinski definition) is 4. The summed E-state index contributed by atoms with van der Waals surface area (Å²) in [5, 5.41) is 5.35. The lowest BCUT2D eigenvalue weighted by Crippen LogP contribution is -2.14. The first-order chi connectivity index (χ1) is 9.70. The minimum Gasteiger partial charge on any atom is -0.351 e. The Morgan fingerprint density at radius 2 is 2.00 bits per heavy atom. The Labute approximate surface area is 115 Å². The molecule has 0 saturated heterocycles. The molecule has 0 aliphatic carbocycles. The number of carbonyl (C=O) groups is 1. The summed E-state index contributed by atoms with van der Waals surface area (Å²) >= 11 is 0. The molecule has 102 valence electrons. The van der Waals surface area contributed by atoms with Crippen molar-refractivity contribution in [2.24, 2.45) is 0 Å². The predicted molar refractivity (Wildman–Crippen MR) is 75.1 cm³/mol. The van der Waals surface area contributed by atoms with Crippen molar-refractivity contribution in [1.29, 1.82) is 0 Å². The quantitative estimate of drug-likeness (QED) is 0.820. The van der Waals surface area contributed by atoms with E-state index in [0.29, 0.717) is 12.5 Å². The maximum atomic E-state index is 13.4. The summed E-state index contributed by atoms with van der Waals surface area (Å²) in [6, 6.07) is 5.94. The number of anilines is 2. The number of para-hydroxylation sites is 1. The number of aromatic nitrogens is 2. The van der Waals surface area contributed by atoms with Crippen LogP contribution in [0.15, 0.2) is 49.3 Å². The van der Waals surface area contributed by atoms with Gasteiger partial charge >= 0.3 is 0 Å². The van der Waals surface area contributed by atoms with Gasteiger partial charge in [-0.2, -0.15) is 0 Å². The lowest BCUT2D eigenvalue weighted by molar-refractivity contribution is 0.102. The number of amides is 1. The van der Waals surface area contributed by atoms with Crippen molar-refractivity contribution >= 4 is 17.5 Å². The van der Waals surface area contributed by atoms with E-state index in [4.69, 9.17) is 0 Å². The second kappa shape index (κ2) is 6.42. The molecule has 20 heavy (non-hydrogen) atoms. The summed E-state index contributed by atoms with van der Waals surface area (Å²) in [6.07, 6.45) is 4.41. The van der Waals surface area contributed by atoms with Gasteiger partial charge in [-0.15, -0.1) is 6.58 Å². The molecule has 2 rings (SSSR count). The molecule has 0 unspecified atom stereocenters. The summed E-state index contributed by atoms with van der Waals surface area (Å²) in [5.41, 5.74) is 0.365. The van der Waals surface area contributed by atoms with Crippen LogP contribution in [0.4, 0.5) is 16.0 Å². The molecular weight excluding hydrogens is 259 g/mol. The zero-order valence-corrected chi connectivity index (χ0v) is 10.6. The van der Waals surface area contributed by atoms with E-state index in [-0.39, 0.29) is 11.3 Å². The molecule has 0 radical (unpaired) electrons. The summed E-state index contributed by atoms with van der Waals surface area (Å²) in [7, 11) is 0. The van der Waals surface area contributed by atoms with Crippen LogP contribution in [0.5, 0.6) is 0 Å². The van der Waals surface area contributed by atoms with E-state index in [2.05, 4.69) is 27.2 Å². The second-order valence-electron chi connectivity index (χ2n) is 3.90. The van der Waals surface area contributed by atoms with E-state index in [1.165, 1.54) is 24.5 Å². The zero-order valence-electron chi connectivity index (χ0n) is 10.6. The van der Waals surface area contributed by atoms with Gasteiger partial charge in [0.05, 0.1) is 11.3 Å². The normalized spacial score (nSPS) is 9.85. The van der Waals surface area contributed by atoms with E-state index in [9.17, 15) is 9.18 Å². The Balaban J connectivity index is 2.06. The van der Waals surface area contributed by atoms with Gasteiger partial charge in [-0.25, -0.2) is 14.4 Å². The number of nitrogens with one attached hydrogen (secondary N) is 2. The summed E-state index contributed by atoms with van der Waals surface area (Å²) < 4.78 is 13.4. The fraction of sp³-hybridized carbons (Fsp3) is 0.0714. The molecule has 2 aromatic rings. The van der Waals surface area contributed by atoms with Crippen LogP contribution in [0.2, 0.25) is 0 Å². The van der Waals surface area contributed by atoms with E-state index in [1.807, 2.05) is 0 Å². The first-order valence-corrected chi connectivity index (χ1v) is 5.93. The molecule has 1 aromatic heterocycles. The fourth-order valence-corrected chi connectivity index (χ4v) is 1.46.